The molecule has 2 aromatic heterocycles. The number of para-hydroxylation sites is 1. The van der Waals surface area contributed by atoms with Crippen LogP contribution in [0, 0.1) is 0 Å². The Balaban J connectivity index is 1.40. The molecule has 4 rings (SSSR count). The summed E-state index contributed by atoms with van der Waals surface area (Å²) in [4.78, 5) is 21.0. The Bertz CT molecular complexity index is 1180. The van der Waals surface area contributed by atoms with E-state index in [-0.39, 0.29) is 5.91 Å². The van der Waals surface area contributed by atoms with Crippen LogP contribution >= 0.6 is 11.6 Å². The quantitative estimate of drug-likeness (QED) is 0.384. The van der Waals surface area contributed by atoms with Crippen LogP contribution in [0.2, 0.25) is 5.02 Å². The number of carbonyl (C=O) groups excluding carboxylic acids is 1. The van der Waals surface area contributed by atoms with E-state index in [4.69, 9.17) is 11.6 Å². The zero-order valence-corrected chi connectivity index (χ0v) is 18.2. The molecule has 0 fully saturated rings. The molecule has 4 aromatic rings. The second-order valence-corrected chi connectivity index (χ2v) is 7.70. The second kappa shape index (κ2) is 10.6. The van der Waals surface area contributed by atoms with Crippen LogP contribution in [0.4, 0.5) is 5.69 Å². The number of amides is 1. The Labute approximate surface area is 192 Å². The normalized spacial score (nSPS) is 10.5. The maximum absolute atomic E-state index is 12.4. The number of rotatable bonds is 8. The molecule has 1 amide bonds. The fourth-order valence-electron chi connectivity index (χ4n) is 3.37. The minimum Gasteiger partial charge on any atom is -0.384 e. The number of nitrogens with zero attached hydrogens (tertiary/aromatic N) is 2. The molecule has 0 spiro atoms. The van der Waals surface area contributed by atoms with E-state index >= 15 is 0 Å². The molecule has 2 heterocycles. The Kier molecular flexibility index (Phi) is 7.10. The van der Waals surface area contributed by atoms with Gasteiger partial charge >= 0.3 is 0 Å². The molecule has 0 aliphatic rings. The van der Waals surface area contributed by atoms with Crippen molar-refractivity contribution in [2.24, 2.45) is 0 Å². The van der Waals surface area contributed by atoms with Gasteiger partial charge in [-0.05, 0) is 47.9 Å². The third-order valence-corrected chi connectivity index (χ3v) is 5.44. The van der Waals surface area contributed by atoms with Gasteiger partial charge in [-0.3, -0.25) is 14.8 Å². The van der Waals surface area contributed by atoms with Crippen LogP contribution in [0.3, 0.4) is 0 Å². The Hall–Kier alpha value is -3.70. The fraction of sp³-hybridized carbons (Fsp3) is 0.115. The lowest BCUT2D eigenvalue weighted by Gasteiger charge is -2.13. The van der Waals surface area contributed by atoms with Crippen LogP contribution in [0.1, 0.15) is 21.5 Å². The zero-order chi connectivity index (χ0) is 22.2. The Morgan fingerprint density at radius 1 is 0.906 bits per heavy atom. The first-order valence-corrected chi connectivity index (χ1v) is 10.8. The lowest BCUT2D eigenvalue weighted by molar-refractivity contribution is 0.0950. The van der Waals surface area contributed by atoms with Crippen molar-refractivity contribution in [1.29, 1.82) is 0 Å². The fourth-order valence-corrected chi connectivity index (χ4v) is 3.60. The van der Waals surface area contributed by atoms with Gasteiger partial charge in [-0.1, -0.05) is 54.1 Å². The molecular weight excluding hydrogens is 420 g/mol. The lowest BCUT2D eigenvalue weighted by atomic mass is 10.1. The van der Waals surface area contributed by atoms with Gasteiger partial charge in [-0.2, -0.15) is 0 Å². The second-order valence-electron chi connectivity index (χ2n) is 7.29. The highest BCUT2D eigenvalue weighted by Gasteiger charge is 2.10. The molecule has 5 nitrogen and oxygen atoms in total. The average molecular weight is 443 g/mol. The molecule has 6 heteroatoms. The molecule has 160 valence electrons. The van der Waals surface area contributed by atoms with Crippen LogP contribution in [-0.2, 0) is 13.0 Å². The summed E-state index contributed by atoms with van der Waals surface area (Å²) in [6.45, 7) is 1.17. The number of pyridine rings is 2. The molecule has 0 atom stereocenters. The van der Waals surface area contributed by atoms with Crippen molar-refractivity contribution in [2.75, 3.05) is 11.9 Å². The van der Waals surface area contributed by atoms with Crippen LogP contribution in [0.15, 0.2) is 91.4 Å². The molecule has 0 unspecified atom stereocenters. The van der Waals surface area contributed by atoms with Crippen LogP contribution in [0.5, 0.6) is 0 Å². The number of hydrogen-bond donors (Lipinski definition) is 2. The summed E-state index contributed by atoms with van der Waals surface area (Å²) in [6.07, 6.45) is 5.86. The molecular formula is C26H23ClN4O. The molecule has 32 heavy (non-hydrogen) atoms. The van der Waals surface area contributed by atoms with Gasteiger partial charge in [0, 0.05) is 48.0 Å². The van der Waals surface area contributed by atoms with Gasteiger partial charge in [0.15, 0.2) is 0 Å². The third kappa shape index (κ3) is 5.50. The molecule has 0 bridgehead atoms. The van der Waals surface area contributed by atoms with E-state index < -0.39 is 0 Å². The van der Waals surface area contributed by atoms with Crippen molar-refractivity contribution in [3.63, 3.8) is 0 Å². The van der Waals surface area contributed by atoms with Crippen molar-refractivity contribution in [3.8, 4) is 11.3 Å². The van der Waals surface area contributed by atoms with E-state index in [1.54, 1.807) is 24.7 Å². The number of nitrogens with one attached hydrogen (secondary N) is 2. The predicted molar refractivity (Wildman–Crippen MR) is 129 cm³/mol. The van der Waals surface area contributed by atoms with Crippen LogP contribution in [0.25, 0.3) is 11.3 Å². The van der Waals surface area contributed by atoms with E-state index in [0.29, 0.717) is 12.1 Å². The molecule has 2 N–H and O–H groups in total. The van der Waals surface area contributed by atoms with Crippen molar-refractivity contribution in [2.45, 2.75) is 13.0 Å². The van der Waals surface area contributed by atoms with Gasteiger partial charge in [0.1, 0.15) is 0 Å². The summed E-state index contributed by atoms with van der Waals surface area (Å²) in [5.74, 6) is -0.168. The summed E-state index contributed by atoms with van der Waals surface area (Å²) >= 11 is 6.26. The minimum atomic E-state index is -0.168. The molecule has 0 aliphatic heterocycles. The van der Waals surface area contributed by atoms with E-state index in [1.165, 1.54) is 0 Å². The van der Waals surface area contributed by atoms with Crippen molar-refractivity contribution >= 4 is 23.2 Å². The first-order valence-electron chi connectivity index (χ1n) is 10.4. The van der Waals surface area contributed by atoms with Gasteiger partial charge in [0.05, 0.1) is 11.3 Å². The van der Waals surface area contributed by atoms with E-state index in [2.05, 4.69) is 20.6 Å². The van der Waals surface area contributed by atoms with Gasteiger partial charge in [0.25, 0.3) is 5.91 Å². The molecule has 0 saturated heterocycles. The van der Waals surface area contributed by atoms with Crippen LogP contribution in [-0.4, -0.2) is 22.4 Å². The molecule has 0 aliphatic carbocycles. The third-order valence-electron chi connectivity index (χ3n) is 5.07. The summed E-state index contributed by atoms with van der Waals surface area (Å²) < 4.78 is 0. The zero-order valence-electron chi connectivity index (χ0n) is 17.5. The van der Waals surface area contributed by atoms with Crippen molar-refractivity contribution in [1.82, 2.24) is 15.3 Å². The van der Waals surface area contributed by atoms with Crippen molar-refractivity contribution < 1.29 is 4.79 Å². The Morgan fingerprint density at radius 3 is 2.53 bits per heavy atom. The summed E-state index contributed by atoms with van der Waals surface area (Å²) in [5, 5.41) is 7.15. The number of benzene rings is 2. The highest BCUT2D eigenvalue weighted by Crippen LogP contribution is 2.26. The van der Waals surface area contributed by atoms with E-state index in [9.17, 15) is 4.79 Å². The number of anilines is 1. The van der Waals surface area contributed by atoms with Gasteiger partial charge in [0.2, 0.25) is 0 Å². The predicted octanol–water partition coefficient (Wildman–Crippen LogP) is 5.38. The molecule has 0 saturated carbocycles. The lowest BCUT2D eigenvalue weighted by Crippen LogP contribution is -2.22. The van der Waals surface area contributed by atoms with Gasteiger partial charge in [-0.25, -0.2) is 0 Å². The van der Waals surface area contributed by atoms with Crippen molar-refractivity contribution in [3.05, 3.63) is 113 Å². The maximum atomic E-state index is 12.4. The minimum absolute atomic E-state index is 0.168. The van der Waals surface area contributed by atoms with E-state index in [1.807, 2.05) is 66.7 Å². The monoisotopic (exact) mass is 442 g/mol. The number of carbonyl (C=O) groups is 1. The smallest absolute Gasteiger partial charge is 0.253 e. The average Bonchev–Trinajstić information content (AvgIpc) is 2.85. The standard InChI is InChI=1S/C26H23ClN4O/c27-23-9-3-1-7-20(23)13-15-29-24-10-4-2-8-22(24)25-12-11-21(18-30-25)26(32)31-17-19-6-5-14-28-16-19/h1-12,14,16,18,29H,13,15,17H2,(H,31,32). The first kappa shape index (κ1) is 21.5. The van der Waals surface area contributed by atoms with E-state index in [0.717, 1.165) is 46.1 Å². The summed E-state index contributed by atoms with van der Waals surface area (Å²) in [5.41, 5.74) is 5.34. The maximum Gasteiger partial charge on any atom is 0.253 e. The summed E-state index contributed by atoms with van der Waals surface area (Å²) in [7, 11) is 0. The highest BCUT2D eigenvalue weighted by atomic mass is 35.5. The number of aromatic nitrogens is 2. The summed E-state index contributed by atoms with van der Waals surface area (Å²) in [6, 6.07) is 23.3. The Morgan fingerprint density at radius 2 is 1.75 bits per heavy atom. The highest BCUT2D eigenvalue weighted by molar-refractivity contribution is 6.31. The van der Waals surface area contributed by atoms with Gasteiger partial charge in [-0.15, -0.1) is 0 Å². The molecule has 0 radical (unpaired) electrons. The number of hydrogen-bond acceptors (Lipinski definition) is 4. The first-order chi connectivity index (χ1) is 15.7. The van der Waals surface area contributed by atoms with Crippen LogP contribution < -0.4 is 10.6 Å². The largest absolute Gasteiger partial charge is 0.384 e. The topological polar surface area (TPSA) is 66.9 Å². The molecule has 2 aromatic carbocycles. The SMILES string of the molecule is O=C(NCc1cccnc1)c1ccc(-c2ccccc2NCCc2ccccc2Cl)nc1. The number of halogens is 1. The van der Waals surface area contributed by atoms with Gasteiger partial charge < -0.3 is 10.6 Å².